The lowest BCUT2D eigenvalue weighted by Gasteiger charge is -2.28. The van der Waals surface area contributed by atoms with E-state index in [4.69, 9.17) is 0 Å². The lowest BCUT2D eigenvalue weighted by molar-refractivity contribution is 0.306. The SMILES string of the molecule is CCC1CCC(NS(=O)(=O)CCNC2CC2)CC1. The maximum Gasteiger partial charge on any atom is 0.213 e. The summed E-state index contributed by atoms with van der Waals surface area (Å²) in [6, 6.07) is 0.763. The molecule has 0 heterocycles. The molecule has 2 fully saturated rings. The highest BCUT2D eigenvalue weighted by atomic mass is 32.2. The minimum atomic E-state index is -3.09. The Morgan fingerprint density at radius 3 is 2.17 bits per heavy atom. The summed E-state index contributed by atoms with van der Waals surface area (Å²) in [5, 5.41) is 3.25. The molecule has 4 nitrogen and oxygen atoms in total. The molecule has 2 aliphatic carbocycles. The van der Waals surface area contributed by atoms with E-state index in [0.717, 1.165) is 18.8 Å². The third kappa shape index (κ3) is 4.86. The van der Waals surface area contributed by atoms with Gasteiger partial charge in [-0.05, 0) is 44.4 Å². The van der Waals surface area contributed by atoms with Gasteiger partial charge in [0.05, 0.1) is 5.75 Å². The highest BCUT2D eigenvalue weighted by Gasteiger charge is 2.25. The second kappa shape index (κ2) is 6.35. The van der Waals surface area contributed by atoms with Crippen LogP contribution in [0.3, 0.4) is 0 Å². The standard InChI is InChI=1S/C13H26N2O2S/c1-2-11-3-5-13(6-4-11)15-18(16,17)10-9-14-12-7-8-12/h11-15H,2-10H2,1H3. The Morgan fingerprint density at radius 2 is 1.61 bits per heavy atom. The summed E-state index contributed by atoms with van der Waals surface area (Å²) in [5.74, 6) is 1.03. The molecule has 0 spiro atoms. The van der Waals surface area contributed by atoms with E-state index in [-0.39, 0.29) is 11.8 Å². The third-order valence-corrected chi connectivity index (χ3v) is 5.59. The number of sulfonamides is 1. The van der Waals surface area contributed by atoms with Crippen LogP contribution in [0.25, 0.3) is 0 Å². The largest absolute Gasteiger partial charge is 0.313 e. The quantitative estimate of drug-likeness (QED) is 0.742. The first-order valence-electron chi connectivity index (χ1n) is 7.32. The highest BCUT2D eigenvalue weighted by molar-refractivity contribution is 7.89. The maximum absolute atomic E-state index is 11.9. The zero-order valence-corrected chi connectivity index (χ0v) is 12.1. The Morgan fingerprint density at radius 1 is 1.00 bits per heavy atom. The minimum absolute atomic E-state index is 0.179. The molecule has 0 aromatic heterocycles. The normalized spacial score (nSPS) is 29.4. The van der Waals surface area contributed by atoms with E-state index in [0.29, 0.717) is 12.6 Å². The van der Waals surface area contributed by atoms with Crippen molar-refractivity contribution in [1.29, 1.82) is 0 Å². The predicted molar refractivity (Wildman–Crippen MR) is 74.0 cm³/mol. The van der Waals surface area contributed by atoms with Crippen molar-refractivity contribution in [3.8, 4) is 0 Å². The van der Waals surface area contributed by atoms with E-state index in [9.17, 15) is 8.42 Å². The average molecular weight is 274 g/mol. The van der Waals surface area contributed by atoms with E-state index in [1.165, 1.54) is 32.1 Å². The third-order valence-electron chi connectivity index (χ3n) is 4.15. The number of hydrogen-bond donors (Lipinski definition) is 2. The van der Waals surface area contributed by atoms with Gasteiger partial charge in [-0.1, -0.05) is 13.3 Å². The van der Waals surface area contributed by atoms with Crippen molar-refractivity contribution >= 4 is 10.0 Å². The molecule has 2 saturated carbocycles. The van der Waals surface area contributed by atoms with Crippen LogP contribution in [0.5, 0.6) is 0 Å². The second-order valence-corrected chi connectivity index (χ2v) is 7.66. The first-order chi connectivity index (χ1) is 8.59. The van der Waals surface area contributed by atoms with Crippen molar-refractivity contribution in [2.75, 3.05) is 12.3 Å². The van der Waals surface area contributed by atoms with E-state index in [1.807, 2.05) is 0 Å². The summed E-state index contributed by atoms with van der Waals surface area (Å²) in [6.45, 7) is 2.81. The van der Waals surface area contributed by atoms with E-state index in [1.54, 1.807) is 0 Å². The summed E-state index contributed by atoms with van der Waals surface area (Å²) < 4.78 is 26.7. The van der Waals surface area contributed by atoms with Crippen molar-refractivity contribution in [2.24, 2.45) is 5.92 Å². The van der Waals surface area contributed by atoms with Crippen LogP contribution in [0.2, 0.25) is 0 Å². The molecule has 0 unspecified atom stereocenters. The monoisotopic (exact) mass is 274 g/mol. The number of rotatable bonds is 7. The van der Waals surface area contributed by atoms with Crippen molar-refractivity contribution in [3.63, 3.8) is 0 Å². The van der Waals surface area contributed by atoms with Gasteiger partial charge in [-0.15, -0.1) is 0 Å². The topological polar surface area (TPSA) is 58.2 Å². The number of nitrogens with one attached hydrogen (secondary N) is 2. The van der Waals surface area contributed by atoms with Crippen molar-refractivity contribution < 1.29 is 8.42 Å². The maximum atomic E-state index is 11.9. The van der Waals surface area contributed by atoms with E-state index in [2.05, 4.69) is 17.0 Å². The van der Waals surface area contributed by atoms with Crippen molar-refractivity contribution in [1.82, 2.24) is 10.0 Å². The van der Waals surface area contributed by atoms with Crippen LogP contribution in [-0.2, 0) is 10.0 Å². The smallest absolute Gasteiger partial charge is 0.213 e. The fourth-order valence-electron chi connectivity index (χ4n) is 2.69. The van der Waals surface area contributed by atoms with Gasteiger partial charge in [-0.25, -0.2) is 13.1 Å². The van der Waals surface area contributed by atoms with Gasteiger partial charge in [0.2, 0.25) is 10.0 Å². The first-order valence-corrected chi connectivity index (χ1v) is 8.97. The molecule has 0 atom stereocenters. The molecule has 0 aromatic rings. The van der Waals surface area contributed by atoms with Gasteiger partial charge >= 0.3 is 0 Å². The molecule has 2 N–H and O–H groups in total. The molecular weight excluding hydrogens is 248 g/mol. The summed E-state index contributed by atoms with van der Waals surface area (Å²) in [6.07, 6.45) is 7.99. The van der Waals surface area contributed by atoms with Gasteiger partial charge in [0.15, 0.2) is 0 Å². The van der Waals surface area contributed by atoms with Gasteiger partial charge in [0.25, 0.3) is 0 Å². The molecule has 18 heavy (non-hydrogen) atoms. The molecule has 106 valence electrons. The van der Waals surface area contributed by atoms with Gasteiger partial charge in [0, 0.05) is 18.6 Å². The highest BCUT2D eigenvalue weighted by Crippen LogP contribution is 2.26. The van der Waals surface area contributed by atoms with Crippen LogP contribution in [0.4, 0.5) is 0 Å². The van der Waals surface area contributed by atoms with Gasteiger partial charge < -0.3 is 5.32 Å². The van der Waals surface area contributed by atoms with Gasteiger partial charge in [-0.2, -0.15) is 0 Å². The van der Waals surface area contributed by atoms with Crippen LogP contribution in [0.15, 0.2) is 0 Å². The Kier molecular flexibility index (Phi) is 5.04. The molecule has 5 heteroatoms. The Balaban J connectivity index is 1.67. The lowest BCUT2D eigenvalue weighted by atomic mass is 9.85. The Hall–Kier alpha value is -0.130. The van der Waals surface area contributed by atoms with E-state index >= 15 is 0 Å². The van der Waals surface area contributed by atoms with Gasteiger partial charge in [-0.3, -0.25) is 0 Å². The molecule has 0 bridgehead atoms. The van der Waals surface area contributed by atoms with Crippen LogP contribution in [0.1, 0.15) is 51.9 Å². The molecule has 2 rings (SSSR count). The average Bonchev–Trinajstić information content (AvgIpc) is 3.13. The van der Waals surface area contributed by atoms with Crippen molar-refractivity contribution in [3.05, 3.63) is 0 Å². The summed E-state index contributed by atoms with van der Waals surface area (Å²) in [4.78, 5) is 0. The fraction of sp³-hybridized carbons (Fsp3) is 1.00. The molecule has 2 aliphatic rings. The Labute approximate surface area is 111 Å². The van der Waals surface area contributed by atoms with Crippen LogP contribution >= 0.6 is 0 Å². The van der Waals surface area contributed by atoms with Crippen LogP contribution in [0, 0.1) is 5.92 Å². The zero-order valence-electron chi connectivity index (χ0n) is 11.3. The number of hydrogen-bond acceptors (Lipinski definition) is 3. The fourth-order valence-corrected chi connectivity index (χ4v) is 3.93. The van der Waals surface area contributed by atoms with Crippen molar-refractivity contribution in [2.45, 2.75) is 64.0 Å². The lowest BCUT2D eigenvalue weighted by Crippen LogP contribution is -2.40. The predicted octanol–water partition coefficient (Wildman–Crippen LogP) is 1.63. The Bertz CT molecular complexity index is 344. The van der Waals surface area contributed by atoms with Gasteiger partial charge in [0.1, 0.15) is 0 Å². The summed E-state index contributed by atoms with van der Waals surface area (Å²) in [7, 11) is -3.09. The second-order valence-electron chi connectivity index (χ2n) is 5.79. The molecule has 0 radical (unpaired) electrons. The van der Waals surface area contributed by atoms with Crippen LogP contribution < -0.4 is 10.0 Å². The van der Waals surface area contributed by atoms with E-state index < -0.39 is 10.0 Å². The summed E-state index contributed by atoms with van der Waals surface area (Å²) >= 11 is 0. The molecular formula is C13H26N2O2S. The van der Waals surface area contributed by atoms with Crippen LogP contribution in [-0.4, -0.2) is 32.8 Å². The molecule has 0 saturated heterocycles. The zero-order chi connectivity index (χ0) is 13.0. The first kappa shape index (κ1) is 14.3. The molecule has 0 amide bonds. The molecule has 0 aliphatic heterocycles. The molecule has 0 aromatic carbocycles. The minimum Gasteiger partial charge on any atom is -0.313 e. The summed E-state index contributed by atoms with van der Waals surface area (Å²) in [5.41, 5.74) is 0.